The van der Waals surface area contributed by atoms with Gasteiger partial charge in [-0.05, 0) is 32.6 Å². The highest BCUT2D eigenvalue weighted by Crippen LogP contribution is 2.40. The number of sulfone groups is 1. The fourth-order valence-corrected chi connectivity index (χ4v) is 4.45. The smallest absolute Gasteiger partial charge is 0.148 e. The van der Waals surface area contributed by atoms with Crippen molar-refractivity contribution in [3.63, 3.8) is 0 Å². The van der Waals surface area contributed by atoms with Gasteiger partial charge in [0.1, 0.15) is 9.84 Å². The number of ether oxygens (including phenoxy) is 1. The summed E-state index contributed by atoms with van der Waals surface area (Å²) in [6, 6.07) is 0.440. The molecule has 1 saturated carbocycles. The van der Waals surface area contributed by atoms with Crippen LogP contribution < -0.4 is 5.32 Å². The highest BCUT2D eigenvalue weighted by atomic mass is 32.2. The third-order valence-electron chi connectivity index (χ3n) is 4.08. The van der Waals surface area contributed by atoms with Crippen LogP contribution in [0.15, 0.2) is 0 Å². The van der Waals surface area contributed by atoms with Crippen molar-refractivity contribution < 1.29 is 13.2 Å². The zero-order valence-corrected chi connectivity index (χ0v) is 12.3. The summed E-state index contributed by atoms with van der Waals surface area (Å²) in [5, 5.41) is 3.47. The van der Waals surface area contributed by atoms with Crippen molar-refractivity contribution in [2.24, 2.45) is 0 Å². The van der Waals surface area contributed by atoms with Gasteiger partial charge in [0.2, 0.25) is 0 Å². The molecule has 106 valence electrons. The molecule has 2 fully saturated rings. The Bertz CT molecular complexity index is 374. The van der Waals surface area contributed by atoms with Gasteiger partial charge in [-0.1, -0.05) is 12.8 Å². The summed E-state index contributed by atoms with van der Waals surface area (Å²) in [7, 11) is -2.90. The lowest BCUT2D eigenvalue weighted by atomic mass is 9.88. The van der Waals surface area contributed by atoms with Crippen molar-refractivity contribution in [1.82, 2.24) is 5.32 Å². The first-order valence-electron chi connectivity index (χ1n) is 6.96. The van der Waals surface area contributed by atoms with Gasteiger partial charge < -0.3 is 10.1 Å². The second-order valence-electron chi connectivity index (χ2n) is 6.09. The topological polar surface area (TPSA) is 55.4 Å². The molecule has 1 saturated heterocycles. The zero-order valence-electron chi connectivity index (χ0n) is 11.4. The van der Waals surface area contributed by atoms with Crippen LogP contribution in [0.2, 0.25) is 0 Å². The highest BCUT2D eigenvalue weighted by molar-refractivity contribution is 7.90. The predicted octanol–water partition coefficient (Wildman–Crippen LogP) is 1.50. The van der Waals surface area contributed by atoms with Crippen LogP contribution in [0.25, 0.3) is 0 Å². The van der Waals surface area contributed by atoms with Crippen molar-refractivity contribution in [1.29, 1.82) is 0 Å². The van der Waals surface area contributed by atoms with E-state index in [0.29, 0.717) is 6.04 Å². The molecule has 2 unspecified atom stereocenters. The Morgan fingerprint density at radius 1 is 1.39 bits per heavy atom. The molecule has 18 heavy (non-hydrogen) atoms. The van der Waals surface area contributed by atoms with Crippen molar-refractivity contribution in [3.05, 3.63) is 0 Å². The van der Waals surface area contributed by atoms with Crippen molar-refractivity contribution in [3.8, 4) is 0 Å². The molecule has 0 aromatic carbocycles. The molecule has 2 atom stereocenters. The Balaban J connectivity index is 1.86. The summed E-state index contributed by atoms with van der Waals surface area (Å²) in [6.45, 7) is 2.76. The van der Waals surface area contributed by atoms with Crippen LogP contribution in [-0.2, 0) is 14.6 Å². The number of rotatable bonds is 4. The third-order valence-corrected chi connectivity index (χ3v) is 5.19. The first kappa shape index (κ1) is 14.3. The molecule has 1 aliphatic heterocycles. The fourth-order valence-electron chi connectivity index (χ4n) is 3.44. The second kappa shape index (κ2) is 5.47. The average Bonchev–Trinajstić information content (AvgIpc) is 2.63. The molecule has 2 rings (SSSR count). The molecule has 0 bridgehead atoms. The maximum atomic E-state index is 11.3. The van der Waals surface area contributed by atoms with Gasteiger partial charge in [0.25, 0.3) is 0 Å². The fraction of sp³-hybridized carbons (Fsp3) is 1.00. The van der Waals surface area contributed by atoms with Crippen LogP contribution in [0.5, 0.6) is 0 Å². The Morgan fingerprint density at radius 3 is 2.67 bits per heavy atom. The Hall–Kier alpha value is -0.130. The number of nitrogens with one attached hydrogen (secondary N) is 1. The minimum Gasteiger partial charge on any atom is -0.375 e. The Morgan fingerprint density at radius 2 is 2.06 bits per heavy atom. The second-order valence-corrected chi connectivity index (χ2v) is 8.27. The summed E-state index contributed by atoms with van der Waals surface area (Å²) in [5.74, 6) is 0.220. The molecule has 0 radical (unpaired) electrons. The van der Waals surface area contributed by atoms with E-state index in [1.807, 2.05) is 6.92 Å². The maximum Gasteiger partial charge on any atom is 0.148 e. The van der Waals surface area contributed by atoms with Crippen LogP contribution in [-0.4, -0.2) is 44.7 Å². The third kappa shape index (κ3) is 3.93. The first-order chi connectivity index (χ1) is 8.39. The van der Waals surface area contributed by atoms with Crippen LogP contribution in [0.1, 0.15) is 45.4 Å². The van der Waals surface area contributed by atoms with Gasteiger partial charge in [0, 0.05) is 24.9 Å². The van der Waals surface area contributed by atoms with Crippen molar-refractivity contribution in [2.75, 3.05) is 18.6 Å². The quantitative estimate of drug-likeness (QED) is 0.845. The lowest BCUT2D eigenvalue weighted by Crippen LogP contribution is -2.49. The summed E-state index contributed by atoms with van der Waals surface area (Å²) in [6.07, 6.45) is 8.22. The minimum absolute atomic E-state index is 0.0292. The van der Waals surface area contributed by atoms with Gasteiger partial charge in [-0.25, -0.2) is 8.42 Å². The highest BCUT2D eigenvalue weighted by Gasteiger charge is 2.40. The SMILES string of the molecule is CC(CS(C)(=O)=O)NC1CCOC2(CCCC2)C1. The van der Waals surface area contributed by atoms with E-state index in [0.717, 1.165) is 19.4 Å². The van der Waals surface area contributed by atoms with E-state index in [1.165, 1.54) is 31.9 Å². The van der Waals surface area contributed by atoms with Crippen LogP contribution in [0.3, 0.4) is 0 Å². The number of hydrogen-bond acceptors (Lipinski definition) is 4. The lowest BCUT2D eigenvalue weighted by molar-refractivity contribution is -0.0843. The lowest BCUT2D eigenvalue weighted by Gasteiger charge is -2.39. The normalized spacial score (nSPS) is 29.6. The van der Waals surface area contributed by atoms with Gasteiger partial charge in [0.05, 0.1) is 11.4 Å². The van der Waals surface area contributed by atoms with E-state index in [4.69, 9.17) is 4.74 Å². The van der Waals surface area contributed by atoms with Gasteiger partial charge in [0.15, 0.2) is 0 Å². The molecule has 5 heteroatoms. The molecular weight excluding hydrogens is 250 g/mol. The molecule has 0 amide bonds. The predicted molar refractivity (Wildman–Crippen MR) is 72.5 cm³/mol. The minimum atomic E-state index is -2.90. The zero-order chi connectivity index (χ0) is 13.2. The van der Waals surface area contributed by atoms with E-state index in [9.17, 15) is 8.42 Å². The maximum absolute atomic E-state index is 11.3. The Labute approximate surface area is 110 Å². The molecule has 4 nitrogen and oxygen atoms in total. The Kier molecular flexibility index (Phi) is 4.34. The van der Waals surface area contributed by atoms with E-state index in [1.54, 1.807) is 0 Å². The molecule has 1 spiro atoms. The molecular formula is C13H25NO3S. The standard InChI is InChI=1S/C13H25NO3S/c1-11(10-18(2,15)16)14-12-5-8-17-13(9-12)6-3-4-7-13/h11-12,14H,3-10H2,1-2H3. The van der Waals surface area contributed by atoms with E-state index >= 15 is 0 Å². The molecule has 0 aromatic rings. The van der Waals surface area contributed by atoms with Crippen LogP contribution in [0, 0.1) is 0 Å². The van der Waals surface area contributed by atoms with E-state index in [-0.39, 0.29) is 17.4 Å². The van der Waals surface area contributed by atoms with Gasteiger partial charge in [-0.2, -0.15) is 0 Å². The summed E-state index contributed by atoms with van der Waals surface area (Å²) >= 11 is 0. The van der Waals surface area contributed by atoms with Gasteiger partial charge in [-0.15, -0.1) is 0 Å². The molecule has 1 N–H and O–H groups in total. The first-order valence-corrected chi connectivity index (χ1v) is 9.02. The average molecular weight is 275 g/mol. The van der Waals surface area contributed by atoms with Crippen LogP contribution >= 0.6 is 0 Å². The summed E-state index contributed by atoms with van der Waals surface area (Å²) < 4.78 is 28.5. The molecule has 0 aromatic heterocycles. The van der Waals surface area contributed by atoms with Crippen molar-refractivity contribution >= 4 is 9.84 Å². The largest absolute Gasteiger partial charge is 0.375 e. The van der Waals surface area contributed by atoms with E-state index < -0.39 is 9.84 Å². The summed E-state index contributed by atoms with van der Waals surface area (Å²) in [5.41, 5.74) is 0.0979. The number of hydrogen-bond donors (Lipinski definition) is 1. The molecule has 2 aliphatic rings. The van der Waals surface area contributed by atoms with Gasteiger partial charge in [-0.3, -0.25) is 0 Å². The van der Waals surface area contributed by atoms with Gasteiger partial charge >= 0.3 is 0 Å². The molecule has 1 aliphatic carbocycles. The van der Waals surface area contributed by atoms with Crippen LogP contribution in [0.4, 0.5) is 0 Å². The summed E-state index contributed by atoms with van der Waals surface area (Å²) in [4.78, 5) is 0. The monoisotopic (exact) mass is 275 g/mol. The van der Waals surface area contributed by atoms with E-state index in [2.05, 4.69) is 5.32 Å². The molecule has 1 heterocycles. The van der Waals surface area contributed by atoms with Crippen molar-refractivity contribution in [2.45, 2.75) is 63.1 Å².